The summed E-state index contributed by atoms with van der Waals surface area (Å²) in [6.07, 6.45) is 10.3. The van der Waals surface area contributed by atoms with E-state index in [1.54, 1.807) is 0 Å². The van der Waals surface area contributed by atoms with Crippen molar-refractivity contribution in [2.24, 2.45) is 0 Å². The second kappa shape index (κ2) is 6.35. The van der Waals surface area contributed by atoms with Crippen molar-refractivity contribution in [1.82, 2.24) is 14.9 Å². The summed E-state index contributed by atoms with van der Waals surface area (Å²) in [4.78, 5) is 11.7. The molecule has 3 nitrogen and oxygen atoms in total. The molecule has 2 aromatic heterocycles. The van der Waals surface area contributed by atoms with E-state index in [0.717, 1.165) is 18.4 Å². The average Bonchev–Trinajstić information content (AvgIpc) is 3.10. The molecule has 1 fully saturated rings. The van der Waals surface area contributed by atoms with Gasteiger partial charge in [0.15, 0.2) is 0 Å². The summed E-state index contributed by atoms with van der Waals surface area (Å²) in [5, 5.41) is 2.18. The Morgan fingerprint density at radius 2 is 2.42 bits per heavy atom. The average molecular weight is 275 g/mol. The molecular formula is C15H21N3S. The van der Waals surface area contributed by atoms with Crippen LogP contribution in [-0.4, -0.2) is 27.5 Å². The van der Waals surface area contributed by atoms with Gasteiger partial charge in [-0.1, -0.05) is 12.5 Å². The van der Waals surface area contributed by atoms with Gasteiger partial charge < -0.3 is 4.98 Å². The molecule has 1 aliphatic heterocycles. The molecule has 1 unspecified atom stereocenters. The molecule has 4 heteroatoms. The highest BCUT2D eigenvalue weighted by Gasteiger charge is 2.22. The summed E-state index contributed by atoms with van der Waals surface area (Å²) in [5.74, 6) is 1.10. The number of imidazole rings is 1. The number of thiophene rings is 1. The van der Waals surface area contributed by atoms with Gasteiger partial charge in [-0.3, -0.25) is 4.90 Å². The fourth-order valence-corrected chi connectivity index (χ4v) is 3.66. The van der Waals surface area contributed by atoms with Crippen LogP contribution in [0.4, 0.5) is 0 Å². The number of nitrogens with one attached hydrogen (secondary N) is 1. The van der Waals surface area contributed by atoms with E-state index in [0.29, 0.717) is 0 Å². The van der Waals surface area contributed by atoms with Crippen molar-refractivity contribution in [3.05, 3.63) is 40.6 Å². The van der Waals surface area contributed by atoms with E-state index in [9.17, 15) is 0 Å². The summed E-state index contributed by atoms with van der Waals surface area (Å²) in [7, 11) is 0. The van der Waals surface area contributed by atoms with Crippen LogP contribution in [0.1, 0.15) is 36.4 Å². The molecule has 0 aliphatic carbocycles. The fourth-order valence-electron chi connectivity index (χ4n) is 2.94. The molecular weight excluding hydrogens is 254 g/mol. The predicted octanol–water partition coefficient (Wildman–Crippen LogP) is 3.46. The lowest BCUT2D eigenvalue weighted by molar-refractivity contribution is 0.129. The first-order valence-corrected chi connectivity index (χ1v) is 8.04. The third-order valence-corrected chi connectivity index (χ3v) is 4.90. The summed E-state index contributed by atoms with van der Waals surface area (Å²) < 4.78 is 0. The molecule has 1 aliphatic rings. The van der Waals surface area contributed by atoms with Gasteiger partial charge in [-0.15, -0.1) is 11.3 Å². The number of H-pyrrole nitrogens is 1. The van der Waals surface area contributed by atoms with Gasteiger partial charge in [0.1, 0.15) is 5.82 Å². The van der Waals surface area contributed by atoms with E-state index in [2.05, 4.69) is 32.4 Å². The van der Waals surface area contributed by atoms with Crippen molar-refractivity contribution in [2.75, 3.05) is 6.54 Å². The molecule has 0 amide bonds. The summed E-state index contributed by atoms with van der Waals surface area (Å²) >= 11 is 1.88. The van der Waals surface area contributed by atoms with Gasteiger partial charge in [0.05, 0.1) is 6.54 Å². The van der Waals surface area contributed by atoms with Crippen molar-refractivity contribution in [3.63, 3.8) is 0 Å². The predicted molar refractivity (Wildman–Crippen MR) is 79.3 cm³/mol. The SMILES string of the molecule is c1csc(CCC2CCCCN2Cc2ncc[nH]2)c1. The maximum absolute atomic E-state index is 4.36. The zero-order valence-corrected chi connectivity index (χ0v) is 12.0. The quantitative estimate of drug-likeness (QED) is 0.906. The van der Waals surface area contributed by atoms with Crippen LogP contribution < -0.4 is 0 Å². The van der Waals surface area contributed by atoms with E-state index in [-0.39, 0.29) is 0 Å². The number of hydrogen-bond acceptors (Lipinski definition) is 3. The summed E-state index contributed by atoms with van der Waals surface area (Å²) in [5.41, 5.74) is 0. The molecule has 0 spiro atoms. The molecule has 3 rings (SSSR count). The van der Waals surface area contributed by atoms with E-state index < -0.39 is 0 Å². The Labute approximate surface area is 118 Å². The van der Waals surface area contributed by atoms with Crippen LogP contribution in [0.25, 0.3) is 0 Å². The van der Waals surface area contributed by atoms with Crippen LogP contribution in [0, 0.1) is 0 Å². The van der Waals surface area contributed by atoms with Crippen molar-refractivity contribution < 1.29 is 0 Å². The number of nitrogens with zero attached hydrogens (tertiary/aromatic N) is 2. The largest absolute Gasteiger partial charge is 0.348 e. The molecule has 0 radical (unpaired) electrons. The van der Waals surface area contributed by atoms with Gasteiger partial charge in [-0.05, 0) is 43.7 Å². The van der Waals surface area contributed by atoms with Crippen molar-refractivity contribution in [2.45, 2.75) is 44.7 Å². The van der Waals surface area contributed by atoms with Gasteiger partial charge in [-0.25, -0.2) is 4.98 Å². The van der Waals surface area contributed by atoms with Crippen molar-refractivity contribution >= 4 is 11.3 Å². The van der Waals surface area contributed by atoms with Crippen molar-refractivity contribution in [3.8, 4) is 0 Å². The summed E-state index contributed by atoms with van der Waals surface area (Å²) in [6, 6.07) is 5.13. The van der Waals surface area contributed by atoms with Gasteiger partial charge in [0, 0.05) is 23.3 Å². The maximum atomic E-state index is 4.36. The number of piperidine rings is 1. The second-order valence-corrected chi connectivity index (χ2v) is 6.31. The molecule has 0 bridgehead atoms. The molecule has 2 aromatic rings. The van der Waals surface area contributed by atoms with E-state index in [4.69, 9.17) is 0 Å². The van der Waals surface area contributed by atoms with Gasteiger partial charge in [0.25, 0.3) is 0 Å². The number of aryl methyl sites for hydroxylation is 1. The highest BCUT2D eigenvalue weighted by Crippen LogP contribution is 2.23. The van der Waals surface area contributed by atoms with Gasteiger partial charge >= 0.3 is 0 Å². The molecule has 0 saturated carbocycles. The normalized spacial score (nSPS) is 20.7. The standard InChI is InChI=1S/C15H21N3S/c1-2-10-18(12-15-16-8-9-17-15)13(4-1)6-7-14-5-3-11-19-14/h3,5,8-9,11,13H,1-2,4,6-7,10,12H2,(H,16,17). The number of likely N-dealkylation sites (tertiary alicyclic amines) is 1. The minimum Gasteiger partial charge on any atom is -0.348 e. The highest BCUT2D eigenvalue weighted by atomic mass is 32.1. The first-order valence-electron chi connectivity index (χ1n) is 7.16. The van der Waals surface area contributed by atoms with Crippen LogP contribution in [0.5, 0.6) is 0 Å². The topological polar surface area (TPSA) is 31.9 Å². The van der Waals surface area contributed by atoms with Gasteiger partial charge in [0.2, 0.25) is 0 Å². The van der Waals surface area contributed by atoms with Crippen molar-refractivity contribution in [1.29, 1.82) is 0 Å². The lowest BCUT2D eigenvalue weighted by Crippen LogP contribution is -2.39. The summed E-state index contributed by atoms with van der Waals surface area (Å²) in [6.45, 7) is 2.19. The van der Waals surface area contributed by atoms with Crippen LogP contribution in [-0.2, 0) is 13.0 Å². The van der Waals surface area contributed by atoms with Crippen LogP contribution >= 0.6 is 11.3 Å². The second-order valence-electron chi connectivity index (χ2n) is 5.27. The Kier molecular flexibility index (Phi) is 4.30. The number of rotatable bonds is 5. The number of hydrogen-bond donors (Lipinski definition) is 1. The molecule has 1 saturated heterocycles. The first-order chi connectivity index (χ1) is 9.42. The van der Waals surface area contributed by atoms with Gasteiger partial charge in [-0.2, -0.15) is 0 Å². The molecule has 102 valence electrons. The highest BCUT2D eigenvalue weighted by molar-refractivity contribution is 7.09. The zero-order valence-electron chi connectivity index (χ0n) is 11.2. The van der Waals surface area contributed by atoms with E-state index >= 15 is 0 Å². The molecule has 1 N–H and O–H groups in total. The molecule has 1 atom stereocenters. The van der Waals surface area contributed by atoms with E-state index in [1.807, 2.05) is 23.7 Å². The molecule has 0 aromatic carbocycles. The smallest absolute Gasteiger partial charge is 0.120 e. The minimum absolute atomic E-state index is 0.723. The molecule has 3 heterocycles. The Morgan fingerprint density at radius 1 is 1.42 bits per heavy atom. The third kappa shape index (κ3) is 3.45. The minimum atomic E-state index is 0.723. The Bertz CT molecular complexity index is 464. The maximum Gasteiger partial charge on any atom is 0.120 e. The van der Waals surface area contributed by atoms with E-state index in [1.165, 1.54) is 43.5 Å². The lowest BCUT2D eigenvalue weighted by Gasteiger charge is -2.35. The van der Waals surface area contributed by atoms with Crippen LogP contribution in [0.15, 0.2) is 29.9 Å². The number of aromatic nitrogens is 2. The lowest BCUT2D eigenvalue weighted by atomic mass is 9.97. The third-order valence-electron chi connectivity index (χ3n) is 3.96. The zero-order chi connectivity index (χ0) is 12.9. The first kappa shape index (κ1) is 12.9. The monoisotopic (exact) mass is 275 g/mol. The molecule has 19 heavy (non-hydrogen) atoms. The van der Waals surface area contributed by atoms with Crippen LogP contribution in [0.2, 0.25) is 0 Å². The van der Waals surface area contributed by atoms with Crippen LogP contribution in [0.3, 0.4) is 0 Å². The number of aromatic amines is 1. The Balaban J connectivity index is 1.57. The Hall–Kier alpha value is -1.13. The Morgan fingerprint density at radius 3 is 3.21 bits per heavy atom. The fraction of sp³-hybridized carbons (Fsp3) is 0.533.